The highest BCUT2D eigenvalue weighted by Gasteiger charge is 2.41. The standard InChI is InChI=1S/C20H27N3O/c1-12-21-11-17(22-12)18-14-6-5-9-24-19(14)15-10-13(20(2,3)4)7-8-16(15)23-18/h7-8,10-11,14,18-19,23H,5-6,9H2,1-4H3,(H,21,22)/t14-,18+,19-/m0/s1. The van der Waals surface area contributed by atoms with Crippen molar-refractivity contribution in [3.8, 4) is 0 Å². The Morgan fingerprint density at radius 3 is 2.79 bits per heavy atom. The molecule has 0 aliphatic carbocycles. The molecule has 2 aromatic rings. The molecule has 4 rings (SSSR count). The van der Waals surface area contributed by atoms with Crippen molar-refractivity contribution in [1.82, 2.24) is 9.97 Å². The largest absolute Gasteiger partial charge is 0.376 e. The van der Waals surface area contributed by atoms with Gasteiger partial charge in [-0.05, 0) is 36.8 Å². The van der Waals surface area contributed by atoms with Crippen molar-refractivity contribution in [2.45, 2.75) is 58.1 Å². The van der Waals surface area contributed by atoms with Gasteiger partial charge in [0.05, 0.1) is 17.8 Å². The van der Waals surface area contributed by atoms with Crippen LogP contribution in [0.3, 0.4) is 0 Å². The van der Waals surface area contributed by atoms with Crippen LogP contribution in [0.15, 0.2) is 24.4 Å². The van der Waals surface area contributed by atoms with Gasteiger partial charge in [-0.15, -0.1) is 0 Å². The zero-order valence-electron chi connectivity index (χ0n) is 15.0. The molecule has 2 aliphatic rings. The first-order valence-corrected chi connectivity index (χ1v) is 8.98. The third-order valence-corrected chi connectivity index (χ3v) is 5.38. The zero-order chi connectivity index (χ0) is 16.9. The summed E-state index contributed by atoms with van der Waals surface area (Å²) in [5, 5.41) is 3.74. The van der Waals surface area contributed by atoms with E-state index in [1.165, 1.54) is 23.2 Å². The fourth-order valence-corrected chi connectivity index (χ4v) is 4.03. The van der Waals surface area contributed by atoms with Gasteiger partial charge >= 0.3 is 0 Å². The molecule has 0 bridgehead atoms. The second-order valence-corrected chi connectivity index (χ2v) is 8.18. The predicted octanol–water partition coefficient (Wildman–Crippen LogP) is 4.65. The number of fused-ring (bicyclic) bond motifs is 3. The van der Waals surface area contributed by atoms with Gasteiger partial charge in [-0.25, -0.2) is 4.98 Å². The van der Waals surface area contributed by atoms with Gasteiger partial charge in [-0.3, -0.25) is 0 Å². The summed E-state index contributed by atoms with van der Waals surface area (Å²) in [5.74, 6) is 1.40. The molecule has 1 aromatic carbocycles. The summed E-state index contributed by atoms with van der Waals surface area (Å²) in [6.07, 6.45) is 4.50. The van der Waals surface area contributed by atoms with E-state index in [1.807, 2.05) is 13.1 Å². The summed E-state index contributed by atoms with van der Waals surface area (Å²) < 4.78 is 6.26. The van der Waals surface area contributed by atoms with Crippen LogP contribution in [-0.4, -0.2) is 16.6 Å². The number of aromatic nitrogens is 2. The topological polar surface area (TPSA) is 49.9 Å². The number of imidazole rings is 1. The van der Waals surface area contributed by atoms with Crippen LogP contribution in [-0.2, 0) is 10.2 Å². The quantitative estimate of drug-likeness (QED) is 0.802. The molecule has 2 aliphatic heterocycles. The molecule has 0 radical (unpaired) electrons. The van der Waals surface area contributed by atoms with Crippen molar-refractivity contribution >= 4 is 5.69 Å². The number of nitrogens with one attached hydrogen (secondary N) is 2. The third-order valence-electron chi connectivity index (χ3n) is 5.38. The number of rotatable bonds is 1. The van der Waals surface area contributed by atoms with Crippen LogP contribution in [0.1, 0.15) is 68.4 Å². The number of anilines is 1. The van der Waals surface area contributed by atoms with Crippen molar-refractivity contribution in [1.29, 1.82) is 0 Å². The highest BCUT2D eigenvalue weighted by Crippen LogP contribution is 2.49. The van der Waals surface area contributed by atoms with Crippen molar-refractivity contribution in [3.05, 3.63) is 47.0 Å². The first-order chi connectivity index (χ1) is 11.4. The molecule has 3 heterocycles. The molecule has 1 aromatic heterocycles. The third kappa shape index (κ3) is 2.63. The van der Waals surface area contributed by atoms with Gasteiger partial charge in [0.1, 0.15) is 5.82 Å². The number of ether oxygens (including phenoxy) is 1. The molecule has 1 fully saturated rings. The minimum absolute atomic E-state index is 0.148. The fourth-order valence-electron chi connectivity index (χ4n) is 4.03. The van der Waals surface area contributed by atoms with Crippen LogP contribution >= 0.6 is 0 Å². The maximum atomic E-state index is 6.26. The van der Waals surface area contributed by atoms with Gasteiger partial charge in [0.25, 0.3) is 0 Å². The Bertz CT molecular complexity index is 744. The zero-order valence-corrected chi connectivity index (χ0v) is 15.0. The SMILES string of the molecule is Cc1nc([C@@H]2Nc3ccc(C(C)(C)C)cc3[C@H]3OCCC[C@H]32)c[nH]1. The van der Waals surface area contributed by atoms with Crippen molar-refractivity contribution in [2.24, 2.45) is 5.92 Å². The van der Waals surface area contributed by atoms with E-state index in [2.05, 4.69) is 54.3 Å². The molecular formula is C20H27N3O. The minimum atomic E-state index is 0.148. The molecule has 0 saturated carbocycles. The Kier molecular flexibility index (Phi) is 3.68. The lowest BCUT2D eigenvalue weighted by molar-refractivity contribution is -0.0385. The Morgan fingerprint density at radius 1 is 1.25 bits per heavy atom. The molecule has 0 unspecified atom stereocenters. The van der Waals surface area contributed by atoms with E-state index in [0.717, 1.165) is 24.5 Å². The predicted molar refractivity (Wildman–Crippen MR) is 96.2 cm³/mol. The summed E-state index contributed by atoms with van der Waals surface area (Å²) in [6, 6.07) is 7.02. The molecule has 4 nitrogen and oxygen atoms in total. The molecule has 2 N–H and O–H groups in total. The fraction of sp³-hybridized carbons (Fsp3) is 0.550. The average Bonchev–Trinajstić information content (AvgIpc) is 2.99. The first-order valence-electron chi connectivity index (χ1n) is 8.98. The second kappa shape index (κ2) is 5.62. The minimum Gasteiger partial charge on any atom is -0.376 e. The van der Waals surface area contributed by atoms with E-state index in [4.69, 9.17) is 4.74 Å². The summed E-state index contributed by atoms with van der Waals surface area (Å²) in [7, 11) is 0. The van der Waals surface area contributed by atoms with Crippen molar-refractivity contribution < 1.29 is 4.74 Å². The van der Waals surface area contributed by atoms with Gasteiger partial charge in [0, 0.05) is 30.0 Å². The number of aromatic amines is 1. The van der Waals surface area contributed by atoms with Gasteiger partial charge in [0.2, 0.25) is 0 Å². The Balaban J connectivity index is 1.77. The Morgan fingerprint density at radius 2 is 2.08 bits per heavy atom. The average molecular weight is 325 g/mol. The summed E-state index contributed by atoms with van der Waals surface area (Å²) in [5.41, 5.74) is 5.12. The van der Waals surface area contributed by atoms with Crippen LogP contribution in [0.25, 0.3) is 0 Å². The van der Waals surface area contributed by atoms with Gasteiger partial charge in [0.15, 0.2) is 0 Å². The maximum absolute atomic E-state index is 6.26. The number of aryl methyl sites for hydroxylation is 1. The molecule has 1 saturated heterocycles. The molecular weight excluding hydrogens is 298 g/mol. The van der Waals surface area contributed by atoms with Crippen molar-refractivity contribution in [3.63, 3.8) is 0 Å². The van der Waals surface area contributed by atoms with Crippen LogP contribution in [0.2, 0.25) is 0 Å². The normalized spacial score (nSPS) is 26.4. The lowest BCUT2D eigenvalue weighted by atomic mass is 9.77. The number of hydrogen-bond donors (Lipinski definition) is 2. The maximum Gasteiger partial charge on any atom is 0.103 e. The lowest BCUT2D eigenvalue weighted by Crippen LogP contribution is -2.36. The summed E-state index contributed by atoms with van der Waals surface area (Å²) in [6.45, 7) is 9.65. The van der Waals surface area contributed by atoms with E-state index in [9.17, 15) is 0 Å². The molecule has 4 heteroatoms. The molecule has 3 atom stereocenters. The van der Waals surface area contributed by atoms with E-state index < -0.39 is 0 Å². The molecule has 0 spiro atoms. The Hall–Kier alpha value is -1.81. The Labute approximate surface area is 144 Å². The smallest absolute Gasteiger partial charge is 0.103 e. The van der Waals surface area contributed by atoms with E-state index >= 15 is 0 Å². The van der Waals surface area contributed by atoms with Crippen molar-refractivity contribution in [2.75, 3.05) is 11.9 Å². The first kappa shape index (κ1) is 15.7. The van der Waals surface area contributed by atoms with Crippen LogP contribution in [0.5, 0.6) is 0 Å². The van der Waals surface area contributed by atoms with Crippen LogP contribution in [0, 0.1) is 12.8 Å². The number of nitrogens with zero attached hydrogens (tertiary/aromatic N) is 1. The number of hydrogen-bond acceptors (Lipinski definition) is 3. The highest BCUT2D eigenvalue weighted by molar-refractivity contribution is 5.58. The van der Waals surface area contributed by atoms with E-state index in [-0.39, 0.29) is 17.6 Å². The summed E-state index contributed by atoms with van der Waals surface area (Å²) >= 11 is 0. The molecule has 128 valence electrons. The van der Waals surface area contributed by atoms with Gasteiger partial charge in [-0.1, -0.05) is 32.9 Å². The second-order valence-electron chi connectivity index (χ2n) is 8.18. The van der Waals surface area contributed by atoms with E-state index in [1.54, 1.807) is 0 Å². The summed E-state index contributed by atoms with van der Waals surface area (Å²) in [4.78, 5) is 7.90. The molecule has 24 heavy (non-hydrogen) atoms. The van der Waals surface area contributed by atoms with Crippen LogP contribution < -0.4 is 5.32 Å². The number of H-pyrrole nitrogens is 1. The number of benzene rings is 1. The van der Waals surface area contributed by atoms with E-state index in [0.29, 0.717) is 5.92 Å². The lowest BCUT2D eigenvalue weighted by Gasteiger charge is -2.43. The molecule has 0 amide bonds. The van der Waals surface area contributed by atoms with Crippen LogP contribution in [0.4, 0.5) is 5.69 Å². The van der Waals surface area contributed by atoms with Gasteiger partial charge in [-0.2, -0.15) is 0 Å². The van der Waals surface area contributed by atoms with Gasteiger partial charge < -0.3 is 15.0 Å². The highest BCUT2D eigenvalue weighted by atomic mass is 16.5. The monoisotopic (exact) mass is 325 g/mol.